The molecule has 0 aliphatic carbocycles. The highest BCUT2D eigenvalue weighted by atomic mass is 35.5. The van der Waals surface area contributed by atoms with Crippen LogP contribution in [0.1, 0.15) is 37.4 Å². The lowest BCUT2D eigenvalue weighted by molar-refractivity contribution is 0.254. The fourth-order valence-corrected chi connectivity index (χ4v) is 3.56. The number of carbonyl (C=O) groups excluding carboxylic acids is 1. The Bertz CT molecular complexity index is 1050. The number of urea groups is 1. The number of amides is 2. The van der Waals surface area contributed by atoms with Gasteiger partial charge in [0.2, 0.25) is 0 Å². The van der Waals surface area contributed by atoms with Crippen LogP contribution in [0.2, 0.25) is 10.3 Å². The summed E-state index contributed by atoms with van der Waals surface area (Å²) in [6.07, 6.45) is 0.574. The quantitative estimate of drug-likeness (QED) is 0.317. The van der Waals surface area contributed by atoms with Crippen LogP contribution in [0.5, 0.6) is 0 Å². The molecule has 3 aromatic heterocycles. The summed E-state index contributed by atoms with van der Waals surface area (Å²) in [4.78, 5) is 20.7. The lowest BCUT2D eigenvalue weighted by Crippen LogP contribution is -2.34. The molecule has 0 aliphatic heterocycles. The monoisotopic (exact) mass is 451 g/mol. The molecule has 0 fully saturated rings. The highest BCUT2D eigenvalue weighted by molar-refractivity contribution is 6.33. The minimum absolute atomic E-state index is 0.0696. The molecule has 0 saturated heterocycles. The average molecular weight is 452 g/mol. The van der Waals surface area contributed by atoms with Crippen molar-refractivity contribution >= 4 is 51.8 Å². The van der Waals surface area contributed by atoms with Crippen molar-refractivity contribution in [3.63, 3.8) is 0 Å². The normalized spacial score (nSPS) is 11.2. The topological polar surface area (TPSA) is 117 Å². The maximum absolute atomic E-state index is 12.2. The van der Waals surface area contributed by atoms with Gasteiger partial charge in [0.05, 0.1) is 5.69 Å². The van der Waals surface area contributed by atoms with Gasteiger partial charge in [0.1, 0.15) is 16.1 Å². The molecule has 9 nitrogen and oxygen atoms in total. The lowest BCUT2D eigenvalue weighted by atomic mass is 10.00. The van der Waals surface area contributed by atoms with Gasteiger partial charge in [-0.1, -0.05) is 37.0 Å². The Hall–Kier alpha value is -2.62. The first-order valence-corrected chi connectivity index (χ1v) is 10.2. The van der Waals surface area contributed by atoms with Gasteiger partial charge in [-0.05, 0) is 43.0 Å². The number of anilines is 2. The molecule has 0 radical (unpaired) electrons. The minimum Gasteiger partial charge on any atom is -0.396 e. The Morgan fingerprint density at radius 3 is 2.53 bits per heavy atom. The summed E-state index contributed by atoms with van der Waals surface area (Å²) in [5.74, 6) is 0.692. The summed E-state index contributed by atoms with van der Waals surface area (Å²) in [6.45, 7) is 6.72. The van der Waals surface area contributed by atoms with E-state index < -0.39 is 6.03 Å². The molecule has 11 heteroatoms. The summed E-state index contributed by atoms with van der Waals surface area (Å²) in [5.41, 5.74) is 8.42. The number of aromatic nitrogens is 4. The van der Waals surface area contributed by atoms with E-state index in [1.807, 2.05) is 13.0 Å². The number of carbonyl (C=O) groups is 1. The SMILES string of the molecule is Cc1nn(CCCO)c2nc(NNC(=O)Nc3cc(Cl)nc(Cl)c3)cc(C(C)C)c12. The number of aliphatic hydroxyl groups is 1. The van der Waals surface area contributed by atoms with Crippen molar-refractivity contribution in [3.8, 4) is 0 Å². The van der Waals surface area contributed by atoms with Gasteiger partial charge in [0.25, 0.3) is 0 Å². The van der Waals surface area contributed by atoms with Crippen molar-refractivity contribution in [2.45, 2.75) is 39.7 Å². The van der Waals surface area contributed by atoms with Gasteiger partial charge >= 0.3 is 6.03 Å². The number of pyridine rings is 2. The van der Waals surface area contributed by atoms with Gasteiger partial charge in [-0.2, -0.15) is 5.10 Å². The Morgan fingerprint density at radius 2 is 1.90 bits per heavy atom. The van der Waals surface area contributed by atoms with Crippen LogP contribution in [-0.4, -0.2) is 37.5 Å². The number of aryl methyl sites for hydroxylation is 2. The lowest BCUT2D eigenvalue weighted by Gasteiger charge is -2.14. The fraction of sp³-hybridized carbons (Fsp3) is 0.368. The number of hydrogen-bond acceptors (Lipinski definition) is 6. The van der Waals surface area contributed by atoms with E-state index in [-0.39, 0.29) is 22.8 Å². The zero-order valence-corrected chi connectivity index (χ0v) is 18.3. The van der Waals surface area contributed by atoms with E-state index in [1.165, 1.54) is 12.1 Å². The molecule has 0 atom stereocenters. The number of hydrogen-bond donors (Lipinski definition) is 4. The van der Waals surface area contributed by atoms with Crippen LogP contribution >= 0.6 is 23.2 Å². The number of nitrogens with zero attached hydrogens (tertiary/aromatic N) is 4. The van der Waals surface area contributed by atoms with Gasteiger partial charge in [-0.25, -0.2) is 19.4 Å². The summed E-state index contributed by atoms with van der Waals surface area (Å²) in [6, 6.07) is 4.33. The Labute approximate surface area is 183 Å². The van der Waals surface area contributed by atoms with E-state index in [9.17, 15) is 4.79 Å². The van der Waals surface area contributed by atoms with Crippen molar-refractivity contribution in [2.24, 2.45) is 0 Å². The van der Waals surface area contributed by atoms with Crippen LogP contribution in [0.3, 0.4) is 0 Å². The molecule has 0 saturated carbocycles. The van der Waals surface area contributed by atoms with Crippen LogP contribution in [-0.2, 0) is 6.54 Å². The van der Waals surface area contributed by atoms with Gasteiger partial charge in [-0.15, -0.1) is 0 Å². The maximum Gasteiger partial charge on any atom is 0.337 e. The van der Waals surface area contributed by atoms with Crippen molar-refractivity contribution in [1.29, 1.82) is 0 Å². The average Bonchev–Trinajstić information content (AvgIpc) is 2.99. The van der Waals surface area contributed by atoms with E-state index in [0.717, 1.165) is 16.6 Å². The standard InChI is InChI=1S/C19H23Cl2N7O2/c1-10(2)13-9-16(24-18-17(13)11(3)27-28(18)5-4-6-29)25-26-19(30)22-12-7-14(20)23-15(21)8-12/h7-10,29H,4-6H2,1-3H3,(H,24,25)(H2,22,23,26,30). The molecule has 4 N–H and O–H groups in total. The van der Waals surface area contributed by atoms with Crippen molar-refractivity contribution < 1.29 is 9.90 Å². The fourth-order valence-electron chi connectivity index (χ4n) is 3.10. The van der Waals surface area contributed by atoms with E-state index in [0.29, 0.717) is 30.1 Å². The van der Waals surface area contributed by atoms with Gasteiger partial charge < -0.3 is 10.4 Å². The van der Waals surface area contributed by atoms with Crippen LogP contribution in [0.4, 0.5) is 16.3 Å². The third-order valence-electron chi connectivity index (χ3n) is 4.38. The Balaban J connectivity index is 1.82. The first-order valence-electron chi connectivity index (χ1n) is 9.43. The van der Waals surface area contributed by atoms with Gasteiger partial charge in [0.15, 0.2) is 5.65 Å². The summed E-state index contributed by atoms with van der Waals surface area (Å²) < 4.78 is 1.78. The van der Waals surface area contributed by atoms with Crippen LogP contribution < -0.4 is 16.2 Å². The molecule has 0 aromatic carbocycles. The van der Waals surface area contributed by atoms with E-state index >= 15 is 0 Å². The number of halogens is 2. The second-order valence-corrected chi connectivity index (χ2v) is 7.82. The van der Waals surface area contributed by atoms with E-state index in [4.69, 9.17) is 28.3 Å². The Kier molecular flexibility index (Phi) is 6.96. The number of fused-ring (bicyclic) bond motifs is 1. The molecular weight excluding hydrogens is 429 g/mol. The van der Waals surface area contributed by atoms with Crippen molar-refractivity contribution in [2.75, 3.05) is 17.3 Å². The van der Waals surface area contributed by atoms with Crippen LogP contribution in [0.15, 0.2) is 18.2 Å². The largest absolute Gasteiger partial charge is 0.396 e. The minimum atomic E-state index is -0.522. The molecule has 3 rings (SSSR count). The first-order chi connectivity index (χ1) is 14.3. The molecule has 2 amide bonds. The number of aliphatic hydroxyl groups excluding tert-OH is 1. The summed E-state index contributed by atoms with van der Waals surface area (Å²) in [5, 5.41) is 17.7. The second kappa shape index (κ2) is 9.46. The van der Waals surface area contributed by atoms with E-state index in [2.05, 4.69) is 45.1 Å². The van der Waals surface area contributed by atoms with Crippen LogP contribution in [0.25, 0.3) is 11.0 Å². The van der Waals surface area contributed by atoms with Crippen LogP contribution in [0, 0.1) is 6.92 Å². The smallest absolute Gasteiger partial charge is 0.337 e. The van der Waals surface area contributed by atoms with Gasteiger partial charge in [0, 0.05) is 24.2 Å². The highest BCUT2D eigenvalue weighted by Crippen LogP contribution is 2.29. The molecule has 0 bridgehead atoms. The maximum atomic E-state index is 12.2. The summed E-state index contributed by atoms with van der Waals surface area (Å²) >= 11 is 11.7. The third kappa shape index (κ3) is 5.10. The molecule has 0 spiro atoms. The predicted octanol–water partition coefficient (Wildman–Crippen LogP) is 4.10. The second-order valence-electron chi connectivity index (χ2n) is 7.04. The number of rotatable bonds is 7. The molecule has 3 heterocycles. The summed E-state index contributed by atoms with van der Waals surface area (Å²) in [7, 11) is 0. The van der Waals surface area contributed by atoms with Gasteiger partial charge in [-0.3, -0.25) is 10.9 Å². The predicted molar refractivity (Wildman–Crippen MR) is 118 cm³/mol. The first kappa shape index (κ1) is 22.1. The Morgan fingerprint density at radius 1 is 1.20 bits per heavy atom. The van der Waals surface area contributed by atoms with E-state index in [1.54, 1.807) is 4.68 Å². The molecular formula is C19H23Cl2N7O2. The highest BCUT2D eigenvalue weighted by Gasteiger charge is 2.17. The number of hydrazine groups is 1. The molecule has 30 heavy (non-hydrogen) atoms. The number of nitrogens with one attached hydrogen (secondary N) is 3. The molecule has 160 valence electrons. The zero-order valence-electron chi connectivity index (χ0n) is 16.8. The third-order valence-corrected chi connectivity index (χ3v) is 4.77. The molecule has 0 unspecified atom stereocenters. The zero-order chi connectivity index (χ0) is 21.8. The van der Waals surface area contributed by atoms with Crippen molar-refractivity contribution in [3.05, 3.63) is 39.8 Å². The van der Waals surface area contributed by atoms with Crippen molar-refractivity contribution in [1.82, 2.24) is 25.2 Å². The molecule has 3 aromatic rings. The molecule has 0 aliphatic rings.